The van der Waals surface area contributed by atoms with Crippen molar-refractivity contribution in [3.05, 3.63) is 158 Å². The van der Waals surface area contributed by atoms with Gasteiger partial charge >= 0.3 is 5.69 Å². The van der Waals surface area contributed by atoms with Crippen LogP contribution in [-0.2, 0) is 26.4 Å². The number of aliphatic hydroxyl groups is 2. The minimum Gasteiger partial charge on any atom is -0.497 e. The summed E-state index contributed by atoms with van der Waals surface area (Å²) < 4.78 is 30.8. The summed E-state index contributed by atoms with van der Waals surface area (Å²) in [6, 6.07) is 31.5. The third kappa shape index (κ3) is 6.97. The molecule has 6 rings (SSSR count). The number of rotatable bonds is 14. The Labute approximate surface area is 298 Å². The summed E-state index contributed by atoms with van der Waals surface area (Å²) in [6.45, 7) is -1.16. The number of hydrogen-bond donors (Lipinski definition) is 3. The molecule has 5 aromatic rings. The first kappa shape index (κ1) is 36.2. The van der Waals surface area contributed by atoms with Crippen LogP contribution in [0.4, 0.5) is 11.5 Å². The number of hydrogen-bond acceptors (Lipinski definition) is 12. The summed E-state index contributed by atoms with van der Waals surface area (Å²) >= 11 is 0. The number of aromatic nitrogens is 2. The first-order valence-corrected chi connectivity index (χ1v) is 16.3. The Bertz CT molecular complexity index is 1990. The maximum absolute atomic E-state index is 13.1. The average Bonchev–Trinajstić information content (AvgIpc) is 3.41. The summed E-state index contributed by atoms with van der Waals surface area (Å²) in [5.41, 5.74) is 3.61. The number of methoxy groups -OCH3 is 2. The Kier molecular flexibility index (Phi) is 10.6. The standard InChI is InChI=1S/C38H38N4O10/c1-48-29-16-12-27(13-17-29)38(26-9-4-3-5-10-26,28-14-18-30(49-2)19-15-28)51-23-32-34(43)37(45,35(52-32)41-21-20-33(39)40-36(41)44)24-50-22-25-8-6-7-11-31(25)42(46)47/h3-21,32,34-35,43,45H,22-24H2,1-2H3,(H2,39,40,44)/t32-,34-,35-,37-/m1/s1. The Balaban J connectivity index is 1.38. The molecule has 0 amide bonds. The first-order chi connectivity index (χ1) is 25.1. The largest absolute Gasteiger partial charge is 0.497 e. The lowest BCUT2D eigenvalue weighted by Gasteiger charge is -2.37. The number of nitrogens with zero attached hydrogens (tertiary/aromatic N) is 3. The van der Waals surface area contributed by atoms with Gasteiger partial charge in [-0.15, -0.1) is 0 Å². The Morgan fingerprint density at radius 1 is 0.904 bits per heavy atom. The molecule has 0 radical (unpaired) electrons. The van der Waals surface area contributed by atoms with Gasteiger partial charge in [-0.3, -0.25) is 14.7 Å². The van der Waals surface area contributed by atoms with Crippen molar-refractivity contribution in [3.63, 3.8) is 0 Å². The van der Waals surface area contributed by atoms with Crippen molar-refractivity contribution in [3.8, 4) is 11.5 Å². The van der Waals surface area contributed by atoms with E-state index < -0.39 is 46.9 Å². The van der Waals surface area contributed by atoms with E-state index in [1.807, 2.05) is 78.9 Å². The molecule has 14 heteroatoms. The van der Waals surface area contributed by atoms with Crippen molar-refractivity contribution >= 4 is 11.5 Å². The molecule has 4 aromatic carbocycles. The topological polar surface area (TPSA) is 191 Å². The van der Waals surface area contributed by atoms with E-state index >= 15 is 0 Å². The SMILES string of the molecule is COc1ccc(C(OC[C@H]2O[C@@H](n3ccc(N)nc3=O)[C@@](O)(COCc3ccccc3[N+](=O)[O-])[C@@H]2O)(c2ccccc2)c2ccc(OC)cc2)cc1. The average molecular weight is 711 g/mol. The van der Waals surface area contributed by atoms with Crippen molar-refractivity contribution in [2.45, 2.75) is 36.2 Å². The lowest BCUT2D eigenvalue weighted by Crippen LogP contribution is -2.52. The van der Waals surface area contributed by atoms with Crippen LogP contribution in [-0.4, -0.2) is 69.9 Å². The zero-order chi connectivity index (χ0) is 36.9. The van der Waals surface area contributed by atoms with E-state index in [-0.39, 0.29) is 30.3 Å². The Hall–Kier alpha value is -5.64. The van der Waals surface area contributed by atoms with Crippen LogP contribution in [0.3, 0.4) is 0 Å². The minimum absolute atomic E-state index is 0.0533. The number of ether oxygens (including phenoxy) is 5. The van der Waals surface area contributed by atoms with Gasteiger partial charge in [0.15, 0.2) is 11.8 Å². The molecule has 270 valence electrons. The van der Waals surface area contributed by atoms with Gasteiger partial charge < -0.3 is 39.6 Å². The molecule has 4 atom stereocenters. The van der Waals surface area contributed by atoms with Crippen molar-refractivity contribution in [1.82, 2.24) is 9.55 Å². The number of benzene rings is 4. The summed E-state index contributed by atoms with van der Waals surface area (Å²) in [5.74, 6) is 1.21. The number of nitrogen functional groups attached to an aromatic ring is 1. The molecule has 1 saturated heterocycles. The molecule has 0 aliphatic carbocycles. The van der Waals surface area contributed by atoms with Crippen LogP contribution in [0.2, 0.25) is 0 Å². The van der Waals surface area contributed by atoms with E-state index in [1.165, 1.54) is 30.5 Å². The lowest BCUT2D eigenvalue weighted by molar-refractivity contribution is -0.386. The van der Waals surface area contributed by atoms with Crippen molar-refractivity contribution in [2.75, 3.05) is 33.2 Å². The van der Waals surface area contributed by atoms with E-state index in [4.69, 9.17) is 29.4 Å². The zero-order valence-electron chi connectivity index (χ0n) is 28.4. The smallest absolute Gasteiger partial charge is 0.351 e. The highest BCUT2D eigenvalue weighted by molar-refractivity contribution is 5.50. The van der Waals surface area contributed by atoms with Crippen LogP contribution < -0.4 is 20.9 Å². The van der Waals surface area contributed by atoms with Crippen molar-refractivity contribution in [1.29, 1.82) is 0 Å². The maximum atomic E-state index is 13.1. The van der Waals surface area contributed by atoms with E-state index in [0.29, 0.717) is 11.5 Å². The van der Waals surface area contributed by atoms with Gasteiger partial charge in [0.25, 0.3) is 5.69 Å². The molecule has 52 heavy (non-hydrogen) atoms. The molecule has 0 unspecified atom stereocenters. The van der Waals surface area contributed by atoms with Gasteiger partial charge in [0.2, 0.25) is 0 Å². The molecule has 14 nitrogen and oxygen atoms in total. The number of nitro benzene ring substituents is 1. The van der Waals surface area contributed by atoms with Gasteiger partial charge in [0.05, 0.1) is 44.5 Å². The van der Waals surface area contributed by atoms with Gasteiger partial charge in [0, 0.05) is 12.3 Å². The van der Waals surface area contributed by atoms with E-state index in [9.17, 15) is 25.1 Å². The predicted octanol–water partition coefficient (Wildman–Crippen LogP) is 3.97. The molecule has 1 aromatic heterocycles. The third-order valence-corrected chi connectivity index (χ3v) is 9.12. The van der Waals surface area contributed by atoms with Gasteiger partial charge in [-0.25, -0.2) is 4.79 Å². The second-order valence-corrected chi connectivity index (χ2v) is 12.2. The molecule has 2 heterocycles. The fraction of sp³-hybridized carbons (Fsp3) is 0.263. The molecular formula is C38H38N4O10. The fourth-order valence-electron chi connectivity index (χ4n) is 6.44. The van der Waals surface area contributed by atoms with E-state index in [0.717, 1.165) is 21.3 Å². The number of aliphatic hydroxyl groups excluding tert-OH is 1. The van der Waals surface area contributed by atoms with Gasteiger partial charge in [0.1, 0.15) is 35.1 Å². The van der Waals surface area contributed by atoms with Crippen LogP contribution in [0.1, 0.15) is 28.5 Å². The Morgan fingerprint density at radius 3 is 2.06 bits per heavy atom. The summed E-state index contributed by atoms with van der Waals surface area (Å²) in [5, 5.41) is 35.6. The van der Waals surface area contributed by atoms with Gasteiger partial charge in [-0.2, -0.15) is 4.98 Å². The highest BCUT2D eigenvalue weighted by atomic mass is 16.6. The molecular weight excluding hydrogens is 672 g/mol. The number of nitro groups is 1. The second-order valence-electron chi connectivity index (χ2n) is 12.2. The molecule has 0 saturated carbocycles. The van der Waals surface area contributed by atoms with E-state index in [2.05, 4.69) is 4.98 Å². The summed E-state index contributed by atoms with van der Waals surface area (Å²) in [6.07, 6.45) is -3.14. The zero-order valence-corrected chi connectivity index (χ0v) is 28.4. The molecule has 0 bridgehead atoms. The molecule has 4 N–H and O–H groups in total. The fourth-order valence-corrected chi connectivity index (χ4v) is 6.44. The van der Waals surface area contributed by atoms with Crippen LogP contribution >= 0.6 is 0 Å². The monoisotopic (exact) mass is 710 g/mol. The lowest BCUT2D eigenvalue weighted by atomic mass is 9.80. The van der Waals surface area contributed by atoms with Gasteiger partial charge in [-0.1, -0.05) is 66.7 Å². The van der Waals surface area contributed by atoms with Crippen molar-refractivity contribution in [2.24, 2.45) is 0 Å². The highest BCUT2D eigenvalue weighted by Gasteiger charge is 2.57. The summed E-state index contributed by atoms with van der Waals surface area (Å²) in [7, 11) is 3.14. The number of nitrogens with two attached hydrogens (primary N) is 1. The quantitative estimate of drug-likeness (QED) is 0.0856. The van der Waals surface area contributed by atoms with Crippen LogP contribution in [0.15, 0.2) is 120 Å². The predicted molar refractivity (Wildman–Crippen MR) is 189 cm³/mol. The van der Waals surface area contributed by atoms with Crippen LogP contribution in [0.5, 0.6) is 11.5 Å². The van der Waals surface area contributed by atoms with Crippen LogP contribution in [0.25, 0.3) is 0 Å². The third-order valence-electron chi connectivity index (χ3n) is 9.12. The summed E-state index contributed by atoms with van der Waals surface area (Å²) in [4.78, 5) is 27.9. The maximum Gasteiger partial charge on any atom is 0.351 e. The van der Waals surface area contributed by atoms with Gasteiger partial charge in [-0.05, 0) is 53.1 Å². The second kappa shape index (κ2) is 15.3. The molecule has 0 spiro atoms. The molecule has 1 aliphatic rings. The van der Waals surface area contributed by atoms with Crippen molar-refractivity contribution < 1.29 is 38.8 Å². The minimum atomic E-state index is -2.26. The number of anilines is 1. The van der Waals surface area contributed by atoms with Crippen LogP contribution in [0, 0.1) is 10.1 Å². The molecule has 1 aliphatic heterocycles. The highest BCUT2D eigenvalue weighted by Crippen LogP contribution is 2.44. The first-order valence-electron chi connectivity index (χ1n) is 16.3. The molecule has 1 fully saturated rings. The van der Waals surface area contributed by atoms with E-state index in [1.54, 1.807) is 20.3 Å². The normalized spacial score (nSPS) is 20.0. The Morgan fingerprint density at radius 2 is 1.48 bits per heavy atom. The number of para-hydroxylation sites is 1.